The van der Waals surface area contributed by atoms with Gasteiger partial charge in [0.15, 0.2) is 0 Å². The van der Waals surface area contributed by atoms with E-state index in [1.807, 2.05) is 25.1 Å². The zero-order chi connectivity index (χ0) is 11.0. The van der Waals surface area contributed by atoms with Crippen molar-refractivity contribution < 1.29 is 0 Å². The molecule has 5 heteroatoms. The minimum absolute atomic E-state index is 0.917. The molecule has 0 spiro atoms. The summed E-state index contributed by atoms with van der Waals surface area (Å²) in [5, 5.41) is 8.78. The molecule has 0 amide bonds. The van der Waals surface area contributed by atoms with Crippen LogP contribution >= 0.6 is 0 Å². The summed E-state index contributed by atoms with van der Waals surface area (Å²) in [5.74, 6) is 0. The number of aromatic nitrogens is 5. The van der Waals surface area contributed by atoms with Crippen LogP contribution in [0.4, 0.5) is 0 Å². The fourth-order valence-electron chi connectivity index (χ4n) is 1.67. The molecule has 0 aliphatic heterocycles. The van der Waals surface area contributed by atoms with Crippen LogP contribution in [0.1, 0.15) is 5.69 Å². The first kappa shape index (κ1) is 8.96. The molecule has 0 saturated carbocycles. The minimum Gasteiger partial charge on any atom is -0.241 e. The van der Waals surface area contributed by atoms with Crippen molar-refractivity contribution in [3.8, 4) is 5.69 Å². The number of fused-ring (bicyclic) bond motifs is 1. The molecule has 1 aromatic carbocycles. The number of hydrogen-bond donors (Lipinski definition) is 0. The van der Waals surface area contributed by atoms with Gasteiger partial charge in [0.25, 0.3) is 0 Å². The van der Waals surface area contributed by atoms with Gasteiger partial charge >= 0.3 is 0 Å². The lowest BCUT2D eigenvalue weighted by molar-refractivity contribution is 0.804. The van der Waals surface area contributed by atoms with E-state index in [0.29, 0.717) is 0 Å². The summed E-state index contributed by atoms with van der Waals surface area (Å²) < 4.78 is 1.71. The maximum Gasteiger partial charge on any atom is 0.116 e. The highest BCUT2D eigenvalue weighted by atomic mass is 15.4. The molecule has 0 N–H and O–H groups in total. The average Bonchev–Trinajstić information content (AvgIpc) is 2.82. The van der Waals surface area contributed by atoms with Crippen LogP contribution in [0.3, 0.4) is 0 Å². The first-order chi connectivity index (χ1) is 7.84. The van der Waals surface area contributed by atoms with Crippen molar-refractivity contribution >= 4 is 10.9 Å². The molecule has 0 atom stereocenters. The molecule has 0 fully saturated rings. The van der Waals surface area contributed by atoms with E-state index < -0.39 is 0 Å². The maximum absolute atomic E-state index is 4.24. The Morgan fingerprint density at radius 2 is 2.12 bits per heavy atom. The van der Waals surface area contributed by atoms with Gasteiger partial charge in [-0.05, 0) is 25.1 Å². The first-order valence-corrected chi connectivity index (χ1v) is 4.92. The normalized spacial score (nSPS) is 10.8. The molecule has 2 aromatic heterocycles. The highest BCUT2D eigenvalue weighted by Gasteiger charge is 2.02. The highest BCUT2D eigenvalue weighted by molar-refractivity contribution is 5.82. The first-order valence-electron chi connectivity index (χ1n) is 4.92. The molecule has 0 aliphatic rings. The molecule has 0 saturated heterocycles. The number of rotatable bonds is 1. The van der Waals surface area contributed by atoms with Crippen LogP contribution in [-0.2, 0) is 0 Å². The number of aryl methyl sites for hydroxylation is 1. The Morgan fingerprint density at radius 3 is 2.94 bits per heavy atom. The van der Waals surface area contributed by atoms with Crippen molar-refractivity contribution in [2.75, 3.05) is 0 Å². The smallest absolute Gasteiger partial charge is 0.116 e. The van der Waals surface area contributed by atoms with Crippen molar-refractivity contribution in [3.05, 3.63) is 42.6 Å². The molecule has 5 nitrogen and oxygen atoms in total. The topological polar surface area (TPSA) is 56.5 Å². The molecule has 3 aromatic rings. The highest BCUT2D eigenvalue weighted by Crippen LogP contribution is 2.17. The summed E-state index contributed by atoms with van der Waals surface area (Å²) in [5.41, 5.74) is 2.85. The SMILES string of the molecule is Cc1ncnc2cc(-n3ccnn3)ccc12. The molecule has 0 aliphatic carbocycles. The van der Waals surface area contributed by atoms with Crippen LogP contribution in [-0.4, -0.2) is 25.0 Å². The summed E-state index contributed by atoms with van der Waals surface area (Å²) in [7, 11) is 0. The Morgan fingerprint density at radius 1 is 1.19 bits per heavy atom. The predicted molar refractivity (Wildman–Crippen MR) is 59.2 cm³/mol. The van der Waals surface area contributed by atoms with Crippen LogP contribution in [0.25, 0.3) is 16.6 Å². The largest absolute Gasteiger partial charge is 0.241 e. The molecule has 16 heavy (non-hydrogen) atoms. The van der Waals surface area contributed by atoms with Gasteiger partial charge in [-0.25, -0.2) is 14.6 Å². The Bertz CT molecular complexity index is 630. The van der Waals surface area contributed by atoms with E-state index in [4.69, 9.17) is 0 Å². The van der Waals surface area contributed by atoms with Gasteiger partial charge in [-0.2, -0.15) is 0 Å². The third-order valence-electron chi connectivity index (χ3n) is 2.51. The fourth-order valence-corrected chi connectivity index (χ4v) is 1.67. The lowest BCUT2D eigenvalue weighted by atomic mass is 10.2. The number of hydrogen-bond acceptors (Lipinski definition) is 4. The summed E-state index contributed by atoms with van der Waals surface area (Å²) >= 11 is 0. The second kappa shape index (κ2) is 3.37. The van der Waals surface area contributed by atoms with Gasteiger partial charge in [0.2, 0.25) is 0 Å². The van der Waals surface area contributed by atoms with Crippen molar-refractivity contribution in [1.82, 2.24) is 25.0 Å². The monoisotopic (exact) mass is 211 g/mol. The van der Waals surface area contributed by atoms with Crippen LogP contribution in [0, 0.1) is 6.92 Å². The second-order valence-electron chi connectivity index (χ2n) is 3.51. The van der Waals surface area contributed by atoms with E-state index in [1.165, 1.54) is 0 Å². The zero-order valence-electron chi connectivity index (χ0n) is 8.70. The Balaban J connectivity index is 2.24. The van der Waals surface area contributed by atoms with Crippen LogP contribution in [0.5, 0.6) is 0 Å². The summed E-state index contributed by atoms with van der Waals surface area (Å²) in [4.78, 5) is 8.39. The van der Waals surface area contributed by atoms with Gasteiger partial charge in [0.1, 0.15) is 6.33 Å². The Kier molecular flexibility index (Phi) is 1.89. The van der Waals surface area contributed by atoms with E-state index in [-0.39, 0.29) is 0 Å². The molecule has 2 heterocycles. The molecular weight excluding hydrogens is 202 g/mol. The summed E-state index contributed by atoms with van der Waals surface area (Å²) in [6.07, 6.45) is 5.02. The van der Waals surface area contributed by atoms with Crippen LogP contribution in [0.15, 0.2) is 36.9 Å². The van der Waals surface area contributed by atoms with Crippen molar-refractivity contribution in [2.45, 2.75) is 6.92 Å². The fraction of sp³-hybridized carbons (Fsp3) is 0.0909. The Hall–Kier alpha value is -2.30. The van der Waals surface area contributed by atoms with Gasteiger partial charge in [-0.15, -0.1) is 5.10 Å². The average molecular weight is 211 g/mol. The molecule has 78 valence electrons. The van der Waals surface area contributed by atoms with Gasteiger partial charge < -0.3 is 0 Å². The lowest BCUT2D eigenvalue weighted by Gasteiger charge is -2.03. The van der Waals surface area contributed by atoms with E-state index in [2.05, 4.69) is 20.3 Å². The van der Waals surface area contributed by atoms with Gasteiger partial charge in [-0.1, -0.05) is 5.21 Å². The standard InChI is InChI=1S/C11H9N5/c1-8-10-3-2-9(16-5-4-14-15-16)6-11(10)13-7-12-8/h2-7H,1H3. The van der Waals surface area contributed by atoms with Crippen molar-refractivity contribution in [2.24, 2.45) is 0 Å². The zero-order valence-corrected chi connectivity index (χ0v) is 8.70. The van der Waals surface area contributed by atoms with E-state index in [0.717, 1.165) is 22.3 Å². The molecule has 3 rings (SSSR count). The van der Waals surface area contributed by atoms with Crippen LogP contribution < -0.4 is 0 Å². The van der Waals surface area contributed by atoms with E-state index >= 15 is 0 Å². The van der Waals surface area contributed by atoms with Gasteiger partial charge in [-0.3, -0.25) is 0 Å². The summed E-state index contributed by atoms with van der Waals surface area (Å²) in [6, 6.07) is 5.95. The van der Waals surface area contributed by atoms with Gasteiger partial charge in [0, 0.05) is 11.1 Å². The third-order valence-corrected chi connectivity index (χ3v) is 2.51. The lowest BCUT2D eigenvalue weighted by Crippen LogP contribution is -1.96. The molecule has 0 radical (unpaired) electrons. The molecule has 0 bridgehead atoms. The minimum atomic E-state index is 0.917. The van der Waals surface area contributed by atoms with Crippen LogP contribution in [0.2, 0.25) is 0 Å². The third kappa shape index (κ3) is 1.33. The summed E-state index contributed by atoms with van der Waals surface area (Å²) in [6.45, 7) is 1.97. The maximum atomic E-state index is 4.24. The van der Waals surface area contributed by atoms with E-state index in [9.17, 15) is 0 Å². The molecular formula is C11H9N5. The molecule has 0 unspecified atom stereocenters. The quantitative estimate of drug-likeness (QED) is 0.612. The van der Waals surface area contributed by atoms with Gasteiger partial charge in [0.05, 0.1) is 23.6 Å². The number of nitrogens with zero attached hydrogens (tertiary/aromatic N) is 5. The Labute approximate surface area is 91.8 Å². The number of benzene rings is 1. The van der Waals surface area contributed by atoms with Crippen molar-refractivity contribution in [3.63, 3.8) is 0 Å². The predicted octanol–water partition coefficient (Wildman–Crippen LogP) is 1.52. The second-order valence-corrected chi connectivity index (χ2v) is 3.51. The van der Waals surface area contributed by atoms with Crippen molar-refractivity contribution in [1.29, 1.82) is 0 Å². The van der Waals surface area contributed by atoms with E-state index in [1.54, 1.807) is 23.4 Å².